The van der Waals surface area contributed by atoms with Crippen LogP contribution in [0.1, 0.15) is 86.7 Å². The Morgan fingerprint density at radius 2 is 1.45 bits per heavy atom. The molecular weight excluding hydrogens is 356 g/mol. The van der Waals surface area contributed by atoms with Gasteiger partial charge in [0, 0.05) is 5.56 Å². The number of allylic oxidation sites excluding steroid dienone is 1. The van der Waals surface area contributed by atoms with Crippen LogP contribution in [0.25, 0.3) is 6.08 Å². The molecule has 0 amide bonds. The Labute approximate surface area is 177 Å². The smallest absolute Gasteiger partial charge is 0.185 e. The number of aryl methyl sites for hydroxylation is 1. The van der Waals surface area contributed by atoms with Gasteiger partial charge in [-0.25, -0.2) is 0 Å². The highest BCUT2D eigenvalue weighted by Gasteiger charge is 2.02. The van der Waals surface area contributed by atoms with Crippen molar-refractivity contribution in [3.8, 4) is 5.75 Å². The van der Waals surface area contributed by atoms with Gasteiger partial charge in [-0.05, 0) is 48.6 Å². The van der Waals surface area contributed by atoms with Gasteiger partial charge in [0.2, 0.25) is 0 Å². The summed E-state index contributed by atoms with van der Waals surface area (Å²) in [6.07, 6.45) is 14.5. The lowest BCUT2D eigenvalue weighted by Gasteiger charge is -2.06. The number of carbonyl (C=O) groups excluding carboxylic acids is 1. The summed E-state index contributed by atoms with van der Waals surface area (Å²) < 4.78 is 5.76. The molecule has 2 rings (SSSR count). The molecule has 2 aromatic rings. The highest BCUT2D eigenvalue weighted by atomic mass is 16.5. The van der Waals surface area contributed by atoms with Crippen LogP contribution in [0, 0.1) is 0 Å². The zero-order chi connectivity index (χ0) is 20.7. The maximum atomic E-state index is 12.4. The lowest BCUT2D eigenvalue weighted by Crippen LogP contribution is -1.97. The fourth-order valence-corrected chi connectivity index (χ4v) is 3.25. The average molecular weight is 393 g/mol. The third kappa shape index (κ3) is 9.13. The molecule has 156 valence electrons. The van der Waals surface area contributed by atoms with E-state index in [1.54, 1.807) is 6.08 Å². The van der Waals surface area contributed by atoms with Gasteiger partial charge >= 0.3 is 0 Å². The molecule has 0 fully saturated rings. The summed E-state index contributed by atoms with van der Waals surface area (Å²) in [6.45, 7) is 5.20. The van der Waals surface area contributed by atoms with Gasteiger partial charge in [-0.15, -0.1) is 0 Å². The zero-order valence-electron chi connectivity index (χ0n) is 18.2. The summed E-state index contributed by atoms with van der Waals surface area (Å²) in [6, 6.07) is 16.0. The van der Waals surface area contributed by atoms with Crippen LogP contribution in [0.4, 0.5) is 0 Å². The molecule has 0 aliphatic carbocycles. The van der Waals surface area contributed by atoms with Gasteiger partial charge in [0.25, 0.3) is 0 Å². The third-order valence-electron chi connectivity index (χ3n) is 5.13. The number of unbranched alkanes of at least 4 members (excludes halogenated alkanes) is 6. The van der Waals surface area contributed by atoms with Crippen LogP contribution >= 0.6 is 0 Å². The Bertz CT molecular complexity index is 726. The highest BCUT2D eigenvalue weighted by molar-refractivity contribution is 6.06. The number of hydrogen-bond acceptors (Lipinski definition) is 2. The van der Waals surface area contributed by atoms with Crippen LogP contribution < -0.4 is 4.74 Å². The largest absolute Gasteiger partial charge is 0.494 e. The van der Waals surface area contributed by atoms with Crippen molar-refractivity contribution in [2.75, 3.05) is 6.61 Å². The van der Waals surface area contributed by atoms with E-state index < -0.39 is 0 Å². The predicted molar refractivity (Wildman–Crippen MR) is 124 cm³/mol. The van der Waals surface area contributed by atoms with Crippen LogP contribution in [0.5, 0.6) is 5.75 Å². The molecule has 0 N–H and O–H groups in total. The standard InChI is InChI=1S/C27H36O2/c1-3-5-7-9-11-23-12-17-25(18-13-23)27(28)21-16-24-14-19-26(20-15-24)29-22-10-8-6-4-2/h12-21H,3-11,22H2,1-2H3/b21-16+. The molecule has 0 spiro atoms. The fourth-order valence-electron chi connectivity index (χ4n) is 3.25. The van der Waals surface area contributed by atoms with Gasteiger partial charge in [-0.2, -0.15) is 0 Å². The van der Waals surface area contributed by atoms with Crippen molar-refractivity contribution in [3.63, 3.8) is 0 Å². The molecule has 0 radical (unpaired) electrons. The van der Waals surface area contributed by atoms with E-state index in [0.717, 1.165) is 36.3 Å². The van der Waals surface area contributed by atoms with Crippen molar-refractivity contribution in [2.24, 2.45) is 0 Å². The van der Waals surface area contributed by atoms with Crippen molar-refractivity contribution in [1.29, 1.82) is 0 Å². The molecule has 0 aliphatic rings. The normalized spacial score (nSPS) is 11.1. The minimum atomic E-state index is 0.0405. The molecule has 0 atom stereocenters. The monoisotopic (exact) mass is 392 g/mol. The van der Waals surface area contributed by atoms with Crippen LogP contribution in [-0.2, 0) is 6.42 Å². The number of carbonyl (C=O) groups is 1. The summed E-state index contributed by atoms with van der Waals surface area (Å²) in [5, 5.41) is 0. The first-order valence-corrected chi connectivity index (χ1v) is 11.3. The Balaban J connectivity index is 1.79. The lowest BCUT2D eigenvalue weighted by atomic mass is 10.0. The van der Waals surface area contributed by atoms with Crippen LogP contribution in [0.15, 0.2) is 54.6 Å². The van der Waals surface area contributed by atoms with Gasteiger partial charge in [-0.1, -0.05) is 94.8 Å². The van der Waals surface area contributed by atoms with Gasteiger partial charge < -0.3 is 4.74 Å². The lowest BCUT2D eigenvalue weighted by molar-refractivity contribution is 0.104. The Morgan fingerprint density at radius 1 is 0.793 bits per heavy atom. The molecule has 2 nitrogen and oxygen atoms in total. The highest BCUT2D eigenvalue weighted by Crippen LogP contribution is 2.15. The minimum absolute atomic E-state index is 0.0405. The molecule has 0 bridgehead atoms. The molecule has 2 aromatic carbocycles. The van der Waals surface area contributed by atoms with Crippen molar-refractivity contribution >= 4 is 11.9 Å². The summed E-state index contributed by atoms with van der Waals surface area (Å²) in [4.78, 5) is 12.4. The van der Waals surface area contributed by atoms with Crippen molar-refractivity contribution in [2.45, 2.75) is 71.6 Å². The molecular formula is C27H36O2. The predicted octanol–water partition coefficient (Wildman–Crippen LogP) is 7.66. The van der Waals surface area contributed by atoms with Crippen LogP contribution in [0.3, 0.4) is 0 Å². The molecule has 0 aromatic heterocycles. The van der Waals surface area contributed by atoms with E-state index in [9.17, 15) is 4.79 Å². The zero-order valence-corrected chi connectivity index (χ0v) is 18.2. The SMILES string of the molecule is CCCCCCOc1ccc(/C=C/C(=O)c2ccc(CCCCCC)cc2)cc1. The molecule has 0 heterocycles. The topological polar surface area (TPSA) is 26.3 Å². The fraction of sp³-hybridized carbons (Fsp3) is 0.444. The molecule has 0 saturated heterocycles. The quantitative estimate of drug-likeness (QED) is 0.187. The first-order valence-electron chi connectivity index (χ1n) is 11.3. The van der Waals surface area contributed by atoms with Gasteiger partial charge in [0.15, 0.2) is 5.78 Å². The average Bonchev–Trinajstić information content (AvgIpc) is 2.76. The maximum Gasteiger partial charge on any atom is 0.185 e. The first kappa shape index (κ1) is 22.9. The number of rotatable bonds is 14. The Hall–Kier alpha value is -2.35. The Morgan fingerprint density at radius 3 is 2.10 bits per heavy atom. The molecule has 29 heavy (non-hydrogen) atoms. The maximum absolute atomic E-state index is 12.4. The molecule has 0 unspecified atom stereocenters. The van der Waals surface area contributed by atoms with Crippen molar-refractivity contribution in [3.05, 3.63) is 71.3 Å². The summed E-state index contributed by atoms with van der Waals surface area (Å²) in [7, 11) is 0. The summed E-state index contributed by atoms with van der Waals surface area (Å²) >= 11 is 0. The van der Waals surface area contributed by atoms with E-state index in [1.807, 2.05) is 42.5 Å². The van der Waals surface area contributed by atoms with E-state index in [-0.39, 0.29) is 5.78 Å². The second kappa shape index (κ2) is 13.8. The molecule has 2 heteroatoms. The number of benzene rings is 2. The third-order valence-corrected chi connectivity index (χ3v) is 5.13. The van der Waals surface area contributed by atoms with Gasteiger partial charge in [-0.3, -0.25) is 4.79 Å². The summed E-state index contributed by atoms with van der Waals surface area (Å²) in [5.41, 5.74) is 3.06. The molecule has 0 saturated carbocycles. The first-order chi connectivity index (χ1) is 14.2. The van der Waals surface area contributed by atoms with Crippen molar-refractivity contribution in [1.82, 2.24) is 0 Å². The van der Waals surface area contributed by atoms with Crippen molar-refractivity contribution < 1.29 is 9.53 Å². The van der Waals surface area contributed by atoms with Gasteiger partial charge in [0.05, 0.1) is 6.61 Å². The number of ether oxygens (including phenoxy) is 1. The van der Waals surface area contributed by atoms with Crippen LogP contribution in [-0.4, -0.2) is 12.4 Å². The number of ketones is 1. The minimum Gasteiger partial charge on any atom is -0.494 e. The summed E-state index contributed by atoms with van der Waals surface area (Å²) in [5.74, 6) is 0.929. The van der Waals surface area contributed by atoms with E-state index in [0.29, 0.717) is 0 Å². The number of hydrogen-bond donors (Lipinski definition) is 0. The van der Waals surface area contributed by atoms with E-state index in [4.69, 9.17) is 4.74 Å². The van der Waals surface area contributed by atoms with E-state index >= 15 is 0 Å². The second-order valence-electron chi connectivity index (χ2n) is 7.68. The van der Waals surface area contributed by atoms with E-state index in [1.165, 1.54) is 50.5 Å². The second-order valence-corrected chi connectivity index (χ2v) is 7.68. The Kier molecular flexibility index (Phi) is 10.9. The van der Waals surface area contributed by atoms with Gasteiger partial charge in [0.1, 0.15) is 5.75 Å². The van der Waals surface area contributed by atoms with Crippen LogP contribution in [0.2, 0.25) is 0 Å². The van der Waals surface area contributed by atoms with E-state index in [2.05, 4.69) is 26.0 Å². The molecule has 0 aliphatic heterocycles.